The molecule has 0 radical (unpaired) electrons. The normalized spacial score (nSPS) is 12.5. The zero-order chi connectivity index (χ0) is 18.3. The zero-order valence-corrected chi connectivity index (χ0v) is 13.8. The second-order valence-corrected chi connectivity index (χ2v) is 6.23. The van der Waals surface area contributed by atoms with E-state index in [9.17, 15) is 20.0 Å². The van der Waals surface area contributed by atoms with Crippen molar-refractivity contribution < 1.29 is 14.8 Å². The Kier molecular flexibility index (Phi) is 3.80. The largest absolute Gasteiger partial charge is 0.478 e. The molecule has 0 atom stereocenters. The summed E-state index contributed by atoms with van der Waals surface area (Å²) in [4.78, 5) is 26.3. The van der Waals surface area contributed by atoms with Crippen LogP contribution in [0.4, 0.5) is 5.69 Å². The van der Waals surface area contributed by atoms with Crippen molar-refractivity contribution in [2.45, 2.75) is 25.9 Å². The van der Waals surface area contributed by atoms with E-state index in [0.717, 1.165) is 24.2 Å². The molecule has 0 fully saturated rings. The number of hydrogen-bond acceptors (Lipinski definition) is 4. The smallest absolute Gasteiger partial charge is 0.338 e. The number of non-ortho nitro benzene ring substituents is 1. The minimum Gasteiger partial charge on any atom is -0.478 e. The van der Waals surface area contributed by atoms with Crippen LogP contribution in [0.3, 0.4) is 0 Å². The molecule has 0 unspecified atom stereocenters. The van der Waals surface area contributed by atoms with Crippen LogP contribution >= 0.6 is 0 Å². The highest BCUT2D eigenvalue weighted by molar-refractivity contribution is 5.96. The lowest BCUT2D eigenvalue weighted by Gasteiger charge is -2.18. The second kappa shape index (κ2) is 6.14. The summed E-state index contributed by atoms with van der Waals surface area (Å²) in [5.41, 5.74) is 2.95. The van der Waals surface area contributed by atoms with Crippen LogP contribution in [0.25, 0.3) is 11.4 Å². The summed E-state index contributed by atoms with van der Waals surface area (Å²) < 4.78 is 3.94. The van der Waals surface area contributed by atoms with Crippen LogP contribution in [0, 0.1) is 10.1 Å². The van der Waals surface area contributed by atoms with Crippen LogP contribution in [-0.2, 0) is 25.9 Å². The number of rotatable bonds is 5. The van der Waals surface area contributed by atoms with Crippen molar-refractivity contribution in [3.63, 3.8) is 0 Å². The standard InChI is InChI=1S/C18H16N4O4/c23-18(24)14-11-21(8-5-12-1-3-13(4-2-12)22(25)26)15-6-9-20-10-7-19-17(20)16(14)15/h1-4,7,10-11H,5-6,8-9H2,(H,23,24). The van der Waals surface area contributed by atoms with Gasteiger partial charge in [0.25, 0.3) is 5.69 Å². The molecule has 0 saturated carbocycles. The molecule has 3 aromatic rings. The van der Waals surface area contributed by atoms with E-state index < -0.39 is 10.9 Å². The Labute approximate surface area is 148 Å². The SMILES string of the molecule is O=C(O)c1cn(CCc2ccc([N+](=O)[O-])cc2)c2c1-c1nccn1CC2. The monoisotopic (exact) mass is 352 g/mol. The fraction of sp³-hybridized carbons (Fsp3) is 0.222. The van der Waals surface area contributed by atoms with Gasteiger partial charge in [-0.05, 0) is 12.0 Å². The third-order valence-corrected chi connectivity index (χ3v) is 4.74. The lowest BCUT2D eigenvalue weighted by atomic mass is 10.0. The van der Waals surface area contributed by atoms with Gasteiger partial charge < -0.3 is 14.2 Å². The minimum atomic E-state index is -0.966. The molecular weight excluding hydrogens is 336 g/mol. The van der Waals surface area contributed by atoms with Crippen molar-refractivity contribution in [3.05, 3.63) is 69.8 Å². The number of fused-ring (bicyclic) bond motifs is 3. The number of carbonyl (C=O) groups is 1. The molecule has 4 rings (SSSR count). The van der Waals surface area contributed by atoms with Gasteiger partial charge in [-0.25, -0.2) is 9.78 Å². The molecule has 1 aliphatic rings. The summed E-state index contributed by atoms with van der Waals surface area (Å²) in [6, 6.07) is 6.44. The van der Waals surface area contributed by atoms with Crippen molar-refractivity contribution in [2.24, 2.45) is 0 Å². The number of aromatic nitrogens is 3. The number of nitrogens with zero attached hydrogens (tertiary/aromatic N) is 4. The van der Waals surface area contributed by atoms with Crippen LogP contribution in [0.1, 0.15) is 21.6 Å². The first-order valence-electron chi connectivity index (χ1n) is 8.24. The molecule has 0 spiro atoms. The van der Waals surface area contributed by atoms with Crippen molar-refractivity contribution in [1.29, 1.82) is 0 Å². The zero-order valence-electron chi connectivity index (χ0n) is 13.8. The van der Waals surface area contributed by atoms with Crippen molar-refractivity contribution in [1.82, 2.24) is 14.1 Å². The average molecular weight is 352 g/mol. The molecular formula is C18H16N4O4. The fourth-order valence-corrected chi connectivity index (χ4v) is 3.46. The van der Waals surface area contributed by atoms with E-state index in [1.165, 1.54) is 12.1 Å². The van der Waals surface area contributed by atoms with Gasteiger partial charge in [0.05, 0.1) is 16.1 Å². The number of carboxylic acid groups (broad SMARTS) is 1. The maximum atomic E-state index is 11.7. The number of hydrogen-bond donors (Lipinski definition) is 1. The number of benzene rings is 1. The highest BCUT2D eigenvalue weighted by Crippen LogP contribution is 2.33. The van der Waals surface area contributed by atoms with E-state index in [4.69, 9.17) is 0 Å². The maximum absolute atomic E-state index is 11.7. The first-order valence-corrected chi connectivity index (χ1v) is 8.24. The summed E-state index contributed by atoms with van der Waals surface area (Å²) >= 11 is 0. The molecule has 1 aromatic carbocycles. The summed E-state index contributed by atoms with van der Waals surface area (Å²) in [5.74, 6) is -0.274. The van der Waals surface area contributed by atoms with Crippen LogP contribution in [0.2, 0.25) is 0 Å². The Balaban J connectivity index is 1.63. The minimum absolute atomic E-state index is 0.0621. The topological polar surface area (TPSA) is 103 Å². The van der Waals surface area contributed by atoms with E-state index in [0.29, 0.717) is 24.4 Å². The molecule has 1 aliphatic heterocycles. The molecule has 2 aromatic heterocycles. The molecule has 8 nitrogen and oxygen atoms in total. The van der Waals surface area contributed by atoms with Crippen molar-refractivity contribution in [3.8, 4) is 11.4 Å². The Morgan fingerprint density at radius 1 is 1.31 bits per heavy atom. The summed E-state index contributed by atoms with van der Waals surface area (Å²) in [6.07, 6.45) is 6.62. The average Bonchev–Trinajstić information content (AvgIpc) is 3.24. The maximum Gasteiger partial charge on any atom is 0.338 e. The lowest BCUT2D eigenvalue weighted by molar-refractivity contribution is -0.384. The Morgan fingerprint density at radius 3 is 2.77 bits per heavy atom. The first-order chi connectivity index (χ1) is 12.5. The van der Waals surface area contributed by atoms with Crippen LogP contribution < -0.4 is 0 Å². The van der Waals surface area contributed by atoms with Crippen LogP contribution in [0.5, 0.6) is 0 Å². The van der Waals surface area contributed by atoms with E-state index in [2.05, 4.69) is 4.98 Å². The lowest BCUT2D eigenvalue weighted by Crippen LogP contribution is -2.14. The third kappa shape index (κ3) is 2.65. The number of aryl methyl sites for hydroxylation is 3. The number of aromatic carboxylic acids is 1. The van der Waals surface area contributed by atoms with E-state index in [1.807, 2.05) is 15.3 Å². The summed E-state index contributed by atoms with van der Waals surface area (Å²) in [6.45, 7) is 1.37. The van der Waals surface area contributed by atoms with Gasteiger partial charge in [-0.15, -0.1) is 0 Å². The van der Waals surface area contributed by atoms with Gasteiger partial charge in [0.1, 0.15) is 5.82 Å². The first kappa shape index (κ1) is 16.1. The van der Waals surface area contributed by atoms with Gasteiger partial charge in [0, 0.05) is 55.9 Å². The van der Waals surface area contributed by atoms with Gasteiger partial charge >= 0.3 is 5.97 Å². The number of carboxylic acids is 1. The predicted octanol–water partition coefficient (Wildman–Crippen LogP) is 2.76. The van der Waals surface area contributed by atoms with Crippen LogP contribution in [-0.4, -0.2) is 30.1 Å². The van der Waals surface area contributed by atoms with Crippen molar-refractivity contribution >= 4 is 11.7 Å². The highest BCUT2D eigenvalue weighted by Gasteiger charge is 2.27. The quantitative estimate of drug-likeness (QED) is 0.562. The summed E-state index contributed by atoms with van der Waals surface area (Å²) in [5, 5.41) is 20.3. The van der Waals surface area contributed by atoms with Crippen molar-refractivity contribution in [2.75, 3.05) is 0 Å². The molecule has 3 heterocycles. The van der Waals surface area contributed by atoms with Gasteiger partial charge in [-0.3, -0.25) is 10.1 Å². The molecule has 0 amide bonds. The van der Waals surface area contributed by atoms with Gasteiger partial charge in [0.2, 0.25) is 0 Å². The second-order valence-electron chi connectivity index (χ2n) is 6.23. The molecule has 0 saturated heterocycles. The highest BCUT2D eigenvalue weighted by atomic mass is 16.6. The molecule has 26 heavy (non-hydrogen) atoms. The molecule has 132 valence electrons. The number of imidazole rings is 1. The summed E-state index contributed by atoms with van der Waals surface area (Å²) in [7, 11) is 0. The molecule has 1 N–H and O–H groups in total. The predicted molar refractivity (Wildman–Crippen MR) is 93.1 cm³/mol. The van der Waals surface area contributed by atoms with Gasteiger partial charge in [-0.1, -0.05) is 12.1 Å². The molecule has 0 aliphatic carbocycles. The Hall–Kier alpha value is -3.42. The fourth-order valence-electron chi connectivity index (χ4n) is 3.46. The third-order valence-electron chi connectivity index (χ3n) is 4.74. The number of nitro benzene ring substituents is 1. The van der Waals surface area contributed by atoms with E-state index in [-0.39, 0.29) is 11.3 Å². The van der Waals surface area contributed by atoms with Gasteiger partial charge in [-0.2, -0.15) is 0 Å². The van der Waals surface area contributed by atoms with E-state index >= 15 is 0 Å². The Morgan fingerprint density at radius 2 is 2.08 bits per heavy atom. The van der Waals surface area contributed by atoms with E-state index in [1.54, 1.807) is 24.5 Å². The number of nitro groups is 1. The molecule has 0 bridgehead atoms. The Bertz CT molecular complexity index is 1000. The van der Waals surface area contributed by atoms with Gasteiger partial charge in [0.15, 0.2) is 0 Å². The van der Waals surface area contributed by atoms with Crippen LogP contribution in [0.15, 0.2) is 42.9 Å². The molecule has 8 heteroatoms.